The van der Waals surface area contributed by atoms with E-state index in [-0.39, 0.29) is 17.5 Å². The lowest BCUT2D eigenvalue weighted by Gasteiger charge is -2.13. The number of hydrogen-bond donors (Lipinski definition) is 1. The third kappa shape index (κ3) is 6.31. The number of rotatable bonds is 9. The van der Waals surface area contributed by atoms with Gasteiger partial charge in [0.15, 0.2) is 11.5 Å². The lowest BCUT2D eigenvalue weighted by molar-refractivity contribution is -0.113. The first-order valence-corrected chi connectivity index (χ1v) is 9.29. The van der Waals surface area contributed by atoms with Gasteiger partial charge in [0.1, 0.15) is 5.82 Å². The second-order valence-electron chi connectivity index (χ2n) is 5.20. The number of benzene rings is 2. The highest BCUT2D eigenvalue weighted by molar-refractivity contribution is 7.99. The molecule has 0 heterocycles. The molecule has 0 fully saturated rings. The number of nitrogens with one attached hydrogen (secondary N) is 1. The van der Waals surface area contributed by atoms with Gasteiger partial charge in [-0.2, -0.15) is 0 Å². The van der Waals surface area contributed by atoms with Gasteiger partial charge in [-0.3, -0.25) is 4.79 Å². The molecule has 0 aliphatic rings. The molecule has 0 aromatic heterocycles. The Balaban J connectivity index is 1.88. The van der Waals surface area contributed by atoms with Crippen molar-refractivity contribution >= 4 is 23.4 Å². The number of carbonyl (C=O) groups excluding carboxylic acids is 1. The van der Waals surface area contributed by atoms with Crippen molar-refractivity contribution < 1.29 is 18.7 Å². The summed E-state index contributed by atoms with van der Waals surface area (Å²) in [6.07, 6.45) is 0. The van der Waals surface area contributed by atoms with E-state index in [1.165, 1.54) is 23.9 Å². The lowest BCUT2D eigenvalue weighted by atomic mass is 10.2. The third-order valence-corrected chi connectivity index (χ3v) is 4.22. The van der Waals surface area contributed by atoms with Gasteiger partial charge in [-0.05, 0) is 43.7 Å². The minimum atomic E-state index is -0.264. The van der Waals surface area contributed by atoms with Gasteiger partial charge < -0.3 is 14.8 Å². The summed E-state index contributed by atoms with van der Waals surface area (Å²) in [6.45, 7) is 4.86. The zero-order chi connectivity index (χ0) is 18.1. The van der Waals surface area contributed by atoms with Gasteiger partial charge in [0.25, 0.3) is 0 Å². The summed E-state index contributed by atoms with van der Waals surface area (Å²) < 4.78 is 24.2. The van der Waals surface area contributed by atoms with Gasteiger partial charge in [0, 0.05) is 17.5 Å². The minimum absolute atomic E-state index is 0.118. The first kappa shape index (κ1) is 19.1. The predicted octanol–water partition coefficient (Wildman–Crippen LogP) is 4.50. The second kappa shape index (κ2) is 9.93. The molecule has 134 valence electrons. The average molecular weight is 363 g/mol. The first-order chi connectivity index (χ1) is 12.1. The fourth-order valence-electron chi connectivity index (χ4n) is 2.21. The van der Waals surface area contributed by atoms with E-state index in [1.54, 1.807) is 24.3 Å². The van der Waals surface area contributed by atoms with Gasteiger partial charge in [-0.1, -0.05) is 12.1 Å². The van der Waals surface area contributed by atoms with Crippen LogP contribution in [-0.4, -0.2) is 24.9 Å². The number of hydrogen-bond acceptors (Lipinski definition) is 4. The van der Waals surface area contributed by atoms with Crippen LogP contribution in [0.4, 0.5) is 10.1 Å². The molecule has 0 atom stereocenters. The van der Waals surface area contributed by atoms with Crippen molar-refractivity contribution in [3.8, 4) is 11.5 Å². The van der Waals surface area contributed by atoms with Crippen LogP contribution in [0, 0.1) is 5.82 Å². The highest BCUT2D eigenvalue weighted by atomic mass is 32.2. The summed E-state index contributed by atoms with van der Waals surface area (Å²) in [4.78, 5) is 12.1. The predicted molar refractivity (Wildman–Crippen MR) is 100.0 cm³/mol. The molecule has 0 unspecified atom stereocenters. The Morgan fingerprint density at radius 1 is 1.08 bits per heavy atom. The van der Waals surface area contributed by atoms with Crippen LogP contribution in [0.15, 0.2) is 42.5 Å². The number of ether oxygens (including phenoxy) is 2. The SMILES string of the molecule is CCOc1ccc(NC(=O)CSCc2cccc(F)c2)cc1OCC. The molecule has 25 heavy (non-hydrogen) atoms. The summed E-state index contributed by atoms with van der Waals surface area (Å²) in [5.41, 5.74) is 1.51. The Hall–Kier alpha value is -2.21. The zero-order valence-corrected chi connectivity index (χ0v) is 15.2. The molecule has 0 radical (unpaired) electrons. The minimum Gasteiger partial charge on any atom is -0.490 e. The fourth-order valence-corrected chi connectivity index (χ4v) is 2.99. The molecule has 1 N–H and O–H groups in total. The van der Waals surface area contributed by atoms with Crippen molar-refractivity contribution in [2.24, 2.45) is 0 Å². The zero-order valence-electron chi connectivity index (χ0n) is 14.4. The largest absolute Gasteiger partial charge is 0.490 e. The van der Waals surface area contributed by atoms with Crippen LogP contribution in [-0.2, 0) is 10.5 Å². The average Bonchev–Trinajstić information content (AvgIpc) is 2.58. The molecule has 1 amide bonds. The molecule has 2 rings (SSSR count). The standard InChI is InChI=1S/C19H22FNO3S/c1-3-23-17-9-8-16(11-18(17)24-4-2)21-19(22)13-25-12-14-6-5-7-15(20)10-14/h5-11H,3-4,12-13H2,1-2H3,(H,21,22). The Kier molecular flexibility index (Phi) is 7.60. The van der Waals surface area contributed by atoms with E-state index in [0.717, 1.165) is 5.56 Å². The molecular formula is C19H22FNO3S. The Morgan fingerprint density at radius 2 is 1.84 bits per heavy atom. The molecule has 0 bridgehead atoms. The molecule has 0 aliphatic heterocycles. The van der Waals surface area contributed by atoms with Gasteiger partial charge in [-0.25, -0.2) is 4.39 Å². The van der Waals surface area contributed by atoms with E-state index in [0.29, 0.717) is 36.2 Å². The number of amides is 1. The summed E-state index contributed by atoms with van der Waals surface area (Å²) in [5, 5.41) is 2.84. The van der Waals surface area contributed by atoms with Crippen molar-refractivity contribution in [2.45, 2.75) is 19.6 Å². The van der Waals surface area contributed by atoms with Crippen LogP contribution in [0.5, 0.6) is 11.5 Å². The Labute approximate surface area is 151 Å². The van der Waals surface area contributed by atoms with Gasteiger partial charge in [-0.15, -0.1) is 11.8 Å². The van der Waals surface area contributed by atoms with E-state index in [9.17, 15) is 9.18 Å². The molecule has 0 saturated heterocycles. The van der Waals surface area contributed by atoms with Crippen molar-refractivity contribution in [3.63, 3.8) is 0 Å². The Bertz CT molecular complexity index is 709. The molecule has 2 aromatic carbocycles. The Morgan fingerprint density at radius 3 is 2.56 bits per heavy atom. The smallest absolute Gasteiger partial charge is 0.234 e. The summed E-state index contributed by atoms with van der Waals surface area (Å²) in [7, 11) is 0. The molecule has 0 spiro atoms. The van der Waals surface area contributed by atoms with Crippen molar-refractivity contribution in [2.75, 3.05) is 24.3 Å². The fraction of sp³-hybridized carbons (Fsp3) is 0.316. The maximum absolute atomic E-state index is 13.1. The lowest BCUT2D eigenvalue weighted by Crippen LogP contribution is -2.14. The number of halogens is 1. The van der Waals surface area contributed by atoms with Crippen LogP contribution >= 0.6 is 11.8 Å². The van der Waals surface area contributed by atoms with Crippen LogP contribution < -0.4 is 14.8 Å². The molecule has 0 aliphatic carbocycles. The number of carbonyl (C=O) groups is 1. The summed E-state index contributed by atoms with van der Waals surface area (Å²) in [5.74, 6) is 1.75. The molecular weight excluding hydrogens is 341 g/mol. The quantitative estimate of drug-likeness (QED) is 0.713. The van der Waals surface area contributed by atoms with Gasteiger partial charge in [0.05, 0.1) is 19.0 Å². The summed E-state index contributed by atoms with van der Waals surface area (Å²) in [6, 6.07) is 11.7. The van der Waals surface area contributed by atoms with E-state index in [4.69, 9.17) is 9.47 Å². The van der Waals surface area contributed by atoms with Crippen LogP contribution in [0.1, 0.15) is 19.4 Å². The third-order valence-electron chi connectivity index (χ3n) is 3.22. The monoisotopic (exact) mass is 363 g/mol. The van der Waals surface area contributed by atoms with Crippen LogP contribution in [0.3, 0.4) is 0 Å². The van der Waals surface area contributed by atoms with E-state index >= 15 is 0 Å². The number of thioether (sulfide) groups is 1. The normalized spacial score (nSPS) is 10.4. The van der Waals surface area contributed by atoms with E-state index in [2.05, 4.69) is 5.32 Å². The maximum atomic E-state index is 13.1. The van der Waals surface area contributed by atoms with Crippen molar-refractivity contribution in [1.82, 2.24) is 0 Å². The van der Waals surface area contributed by atoms with Crippen LogP contribution in [0.2, 0.25) is 0 Å². The summed E-state index contributed by atoms with van der Waals surface area (Å²) >= 11 is 1.43. The van der Waals surface area contributed by atoms with E-state index in [1.807, 2.05) is 19.9 Å². The molecule has 2 aromatic rings. The molecule has 4 nitrogen and oxygen atoms in total. The highest BCUT2D eigenvalue weighted by Gasteiger charge is 2.09. The van der Waals surface area contributed by atoms with Crippen molar-refractivity contribution in [1.29, 1.82) is 0 Å². The van der Waals surface area contributed by atoms with Gasteiger partial charge >= 0.3 is 0 Å². The molecule has 6 heteroatoms. The highest BCUT2D eigenvalue weighted by Crippen LogP contribution is 2.30. The molecule has 0 saturated carbocycles. The van der Waals surface area contributed by atoms with Gasteiger partial charge in [0.2, 0.25) is 5.91 Å². The second-order valence-corrected chi connectivity index (χ2v) is 6.18. The van der Waals surface area contributed by atoms with E-state index < -0.39 is 0 Å². The van der Waals surface area contributed by atoms with Crippen molar-refractivity contribution in [3.05, 3.63) is 53.8 Å². The number of anilines is 1. The van der Waals surface area contributed by atoms with Crippen LogP contribution in [0.25, 0.3) is 0 Å². The maximum Gasteiger partial charge on any atom is 0.234 e. The first-order valence-electron chi connectivity index (χ1n) is 8.14. The topological polar surface area (TPSA) is 47.6 Å².